The van der Waals surface area contributed by atoms with Crippen molar-refractivity contribution in [3.63, 3.8) is 0 Å². The Hall–Kier alpha value is -1.04. The summed E-state index contributed by atoms with van der Waals surface area (Å²) >= 11 is 0. The number of rotatable bonds is 4. The molecule has 0 aliphatic rings. The van der Waals surface area contributed by atoms with Crippen LogP contribution in [-0.2, 0) is 19.5 Å². The van der Waals surface area contributed by atoms with Crippen molar-refractivity contribution in [1.29, 1.82) is 0 Å². The topological polar surface area (TPSA) is 56.7 Å². The van der Waals surface area contributed by atoms with E-state index in [1.165, 1.54) is 4.68 Å². The third kappa shape index (κ3) is 2.21. The molecule has 0 amide bonds. The molecule has 0 bridgehead atoms. The van der Waals surface area contributed by atoms with E-state index in [0.29, 0.717) is 17.8 Å². The molecule has 0 atom stereocenters. The Morgan fingerprint density at radius 3 is 2.69 bits per heavy atom. The van der Waals surface area contributed by atoms with Crippen molar-refractivity contribution >= 4 is 0 Å². The van der Waals surface area contributed by atoms with E-state index in [-0.39, 0.29) is 6.54 Å². The van der Waals surface area contributed by atoms with E-state index in [2.05, 4.69) is 10.3 Å². The fourth-order valence-electron chi connectivity index (χ4n) is 1.19. The van der Waals surface area contributed by atoms with Crippen LogP contribution >= 0.6 is 0 Å². The lowest BCUT2D eigenvalue weighted by atomic mass is 10.2. The minimum Gasteiger partial charge on any atom is -0.325 e. The number of halogens is 2. The van der Waals surface area contributed by atoms with Gasteiger partial charge >= 0.3 is 0 Å². The van der Waals surface area contributed by atoms with Gasteiger partial charge in [-0.3, -0.25) is 0 Å². The molecule has 4 nitrogen and oxygen atoms in total. The molecule has 13 heavy (non-hydrogen) atoms. The van der Waals surface area contributed by atoms with Gasteiger partial charge in [0.2, 0.25) is 0 Å². The summed E-state index contributed by atoms with van der Waals surface area (Å²) in [5.74, 6) is 0. The van der Waals surface area contributed by atoms with Gasteiger partial charge in [-0.25, -0.2) is 13.5 Å². The summed E-state index contributed by atoms with van der Waals surface area (Å²) < 4.78 is 25.3. The normalized spacial score (nSPS) is 11.2. The van der Waals surface area contributed by atoms with E-state index >= 15 is 0 Å². The van der Waals surface area contributed by atoms with Crippen LogP contribution in [-0.4, -0.2) is 21.4 Å². The van der Waals surface area contributed by atoms with E-state index < -0.39 is 13.0 Å². The molecule has 0 saturated carbocycles. The van der Waals surface area contributed by atoms with Gasteiger partial charge in [-0.1, -0.05) is 12.1 Å². The summed E-state index contributed by atoms with van der Waals surface area (Å²) in [5, 5.41) is 7.32. The van der Waals surface area contributed by atoms with Crippen molar-refractivity contribution < 1.29 is 8.78 Å². The van der Waals surface area contributed by atoms with E-state index in [4.69, 9.17) is 5.73 Å². The maximum atomic E-state index is 12.0. The summed E-state index contributed by atoms with van der Waals surface area (Å²) in [4.78, 5) is 0. The molecule has 6 heteroatoms. The molecule has 1 aromatic rings. The molecule has 0 radical (unpaired) electrons. The number of hydrogen-bond acceptors (Lipinski definition) is 3. The lowest BCUT2D eigenvalue weighted by Crippen LogP contribution is -2.12. The molecule has 1 aromatic heterocycles. The summed E-state index contributed by atoms with van der Waals surface area (Å²) in [7, 11) is 0. The first-order valence-electron chi connectivity index (χ1n) is 4.08. The highest BCUT2D eigenvalue weighted by molar-refractivity contribution is 5.09. The molecule has 2 N–H and O–H groups in total. The number of alkyl halides is 2. The van der Waals surface area contributed by atoms with Gasteiger partial charge in [-0.15, -0.1) is 5.10 Å². The Labute approximate surface area is 74.7 Å². The van der Waals surface area contributed by atoms with Gasteiger partial charge in [0.15, 0.2) is 0 Å². The average Bonchev–Trinajstić information content (AvgIpc) is 2.45. The van der Waals surface area contributed by atoms with E-state index in [1.54, 1.807) is 0 Å². The van der Waals surface area contributed by atoms with Gasteiger partial charge in [0.25, 0.3) is 6.43 Å². The van der Waals surface area contributed by atoms with Crippen LogP contribution in [0, 0.1) is 0 Å². The highest BCUT2D eigenvalue weighted by Crippen LogP contribution is 2.07. The molecule has 0 fully saturated rings. The largest absolute Gasteiger partial charge is 0.325 e. The molecule has 1 rings (SSSR count). The third-order valence-corrected chi connectivity index (χ3v) is 1.76. The minimum atomic E-state index is -2.40. The lowest BCUT2D eigenvalue weighted by Gasteiger charge is -2.03. The minimum absolute atomic E-state index is 0.242. The number of nitrogens with zero attached hydrogens (tertiary/aromatic N) is 3. The first kappa shape index (κ1) is 10.0. The second kappa shape index (κ2) is 4.27. The van der Waals surface area contributed by atoms with Crippen LogP contribution in [0.15, 0.2) is 0 Å². The van der Waals surface area contributed by atoms with Gasteiger partial charge in [0.05, 0.1) is 11.4 Å². The van der Waals surface area contributed by atoms with Crippen molar-refractivity contribution in [3.8, 4) is 0 Å². The third-order valence-electron chi connectivity index (χ3n) is 1.76. The molecular weight excluding hydrogens is 178 g/mol. The smallest absolute Gasteiger partial charge is 0.257 e. The second-order valence-corrected chi connectivity index (χ2v) is 2.61. The van der Waals surface area contributed by atoms with Crippen LogP contribution < -0.4 is 5.73 Å². The Bertz CT molecular complexity index is 271. The van der Waals surface area contributed by atoms with Crippen molar-refractivity contribution in [1.82, 2.24) is 15.0 Å². The van der Waals surface area contributed by atoms with Crippen LogP contribution in [0.25, 0.3) is 0 Å². The monoisotopic (exact) mass is 190 g/mol. The summed E-state index contributed by atoms with van der Waals surface area (Å²) in [5.41, 5.74) is 6.66. The molecule has 0 saturated heterocycles. The van der Waals surface area contributed by atoms with Gasteiger partial charge < -0.3 is 5.73 Å². The first-order valence-corrected chi connectivity index (χ1v) is 4.08. The Morgan fingerprint density at radius 2 is 2.23 bits per heavy atom. The fraction of sp³-hybridized carbons (Fsp3) is 0.714. The zero-order valence-corrected chi connectivity index (χ0v) is 7.37. The number of nitrogens with two attached hydrogens (primary N) is 1. The molecule has 0 aliphatic carbocycles. The molecule has 74 valence electrons. The van der Waals surface area contributed by atoms with Crippen LogP contribution in [0.2, 0.25) is 0 Å². The van der Waals surface area contributed by atoms with Crippen LogP contribution in [0.5, 0.6) is 0 Å². The van der Waals surface area contributed by atoms with Gasteiger partial charge in [-0.05, 0) is 6.42 Å². The number of aromatic nitrogens is 3. The van der Waals surface area contributed by atoms with E-state index in [0.717, 1.165) is 0 Å². The van der Waals surface area contributed by atoms with Crippen LogP contribution in [0.1, 0.15) is 18.3 Å². The molecular formula is C7H12F2N4. The van der Waals surface area contributed by atoms with Gasteiger partial charge in [-0.2, -0.15) is 0 Å². The second-order valence-electron chi connectivity index (χ2n) is 2.61. The van der Waals surface area contributed by atoms with E-state index in [1.807, 2.05) is 6.92 Å². The van der Waals surface area contributed by atoms with Crippen LogP contribution in [0.3, 0.4) is 0 Å². The Morgan fingerprint density at radius 1 is 1.54 bits per heavy atom. The van der Waals surface area contributed by atoms with Crippen molar-refractivity contribution in [2.24, 2.45) is 5.73 Å². The summed E-state index contributed by atoms with van der Waals surface area (Å²) in [6, 6.07) is 0. The van der Waals surface area contributed by atoms with E-state index in [9.17, 15) is 8.78 Å². The highest BCUT2D eigenvalue weighted by atomic mass is 19.3. The highest BCUT2D eigenvalue weighted by Gasteiger charge is 2.12. The van der Waals surface area contributed by atoms with Crippen molar-refractivity contribution in [2.45, 2.75) is 32.9 Å². The Balaban J connectivity index is 2.87. The summed E-state index contributed by atoms with van der Waals surface area (Å²) in [6.45, 7) is 1.70. The van der Waals surface area contributed by atoms with Gasteiger partial charge in [0.1, 0.15) is 6.54 Å². The standard InChI is InChI=1S/C7H12F2N4/c1-2-6-5(3-10)11-12-13(6)4-7(8)9/h7H,2-4,10H2,1H3. The van der Waals surface area contributed by atoms with Gasteiger partial charge in [0, 0.05) is 6.54 Å². The number of hydrogen-bond donors (Lipinski definition) is 1. The molecule has 0 aliphatic heterocycles. The first-order chi connectivity index (χ1) is 6.19. The zero-order valence-electron chi connectivity index (χ0n) is 7.37. The average molecular weight is 190 g/mol. The zero-order chi connectivity index (χ0) is 9.84. The molecule has 0 aromatic carbocycles. The fourth-order valence-corrected chi connectivity index (χ4v) is 1.19. The maximum absolute atomic E-state index is 12.0. The predicted molar refractivity (Wildman–Crippen MR) is 43.3 cm³/mol. The SMILES string of the molecule is CCc1c(CN)nnn1CC(F)F. The molecule has 1 heterocycles. The Kier molecular flexibility index (Phi) is 3.30. The molecule has 0 spiro atoms. The lowest BCUT2D eigenvalue weighted by molar-refractivity contribution is 0.120. The van der Waals surface area contributed by atoms with Crippen molar-refractivity contribution in [2.75, 3.05) is 0 Å². The molecule has 0 unspecified atom stereocenters. The quantitative estimate of drug-likeness (QED) is 0.754. The predicted octanol–water partition coefficient (Wildman–Crippen LogP) is 0.564. The van der Waals surface area contributed by atoms with Crippen LogP contribution in [0.4, 0.5) is 8.78 Å². The van der Waals surface area contributed by atoms with Crippen molar-refractivity contribution in [3.05, 3.63) is 11.4 Å². The maximum Gasteiger partial charge on any atom is 0.257 e. The summed E-state index contributed by atoms with van der Waals surface area (Å²) in [6.07, 6.45) is -1.79.